The van der Waals surface area contributed by atoms with Crippen molar-refractivity contribution < 1.29 is 14.0 Å². The van der Waals surface area contributed by atoms with E-state index in [9.17, 15) is 14.0 Å². The van der Waals surface area contributed by atoms with Gasteiger partial charge in [-0.3, -0.25) is 4.79 Å². The van der Waals surface area contributed by atoms with Crippen molar-refractivity contribution in [3.63, 3.8) is 0 Å². The van der Waals surface area contributed by atoms with Gasteiger partial charge in [0.1, 0.15) is 5.82 Å². The number of hydrogen-bond donors (Lipinski definition) is 2. The number of carbonyl (C=O) groups is 2. The van der Waals surface area contributed by atoms with Gasteiger partial charge in [-0.05, 0) is 36.4 Å². The zero-order valence-electron chi connectivity index (χ0n) is 12.3. The molecule has 1 atom stereocenters. The highest BCUT2D eigenvalue weighted by Crippen LogP contribution is 2.21. The summed E-state index contributed by atoms with van der Waals surface area (Å²) in [5.74, 6) is -0.445. The minimum absolute atomic E-state index is 0.0957. The van der Waals surface area contributed by atoms with Crippen LogP contribution in [0.5, 0.6) is 0 Å². The molecule has 0 saturated carbocycles. The summed E-state index contributed by atoms with van der Waals surface area (Å²) < 4.78 is 13.0. The van der Waals surface area contributed by atoms with E-state index < -0.39 is 0 Å². The fourth-order valence-corrected chi connectivity index (χ4v) is 2.55. The van der Waals surface area contributed by atoms with Gasteiger partial charge in [0.2, 0.25) is 5.91 Å². The molecule has 3 rings (SSSR count). The molecule has 0 aromatic heterocycles. The van der Waals surface area contributed by atoms with E-state index in [4.69, 9.17) is 0 Å². The van der Waals surface area contributed by atoms with Crippen molar-refractivity contribution in [2.24, 2.45) is 0 Å². The van der Waals surface area contributed by atoms with E-state index >= 15 is 0 Å². The van der Waals surface area contributed by atoms with Gasteiger partial charge in [-0.15, -0.1) is 0 Å². The van der Waals surface area contributed by atoms with Crippen LogP contribution in [0, 0.1) is 5.82 Å². The number of urea groups is 1. The quantitative estimate of drug-likeness (QED) is 0.915. The molecule has 23 heavy (non-hydrogen) atoms. The summed E-state index contributed by atoms with van der Waals surface area (Å²) in [5.41, 5.74) is 1.31. The molecule has 1 aliphatic heterocycles. The summed E-state index contributed by atoms with van der Waals surface area (Å²) in [6.45, 7) is 0.368. The second kappa shape index (κ2) is 6.48. The first kappa shape index (κ1) is 15.0. The van der Waals surface area contributed by atoms with Crippen molar-refractivity contribution in [1.29, 1.82) is 0 Å². The van der Waals surface area contributed by atoms with Gasteiger partial charge < -0.3 is 15.5 Å². The molecule has 1 fully saturated rings. The highest BCUT2D eigenvalue weighted by atomic mass is 19.1. The number of carbonyl (C=O) groups excluding carboxylic acids is 2. The molecule has 0 radical (unpaired) electrons. The summed E-state index contributed by atoms with van der Waals surface area (Å²) in [6, 6.07) is 14.2. The summed E-state index contributed by atoms with van der Waals surface area (Å²) in [5, 5.41) is 5.50. The Hall–Kier alpha value is -2.89. The first-order chi connectivity index (χ1) is 11.1. The predicted molar refractivity (Wildman–Crippen MR) is 85.8 cm³/mol. The zero-order valence-corrected chi connectivity index (χ0v) is 12.3. The molecule has 1 saturated heterocycles. The van der Waals surface area contributed by atoms with Crippen LogP contribution in [0.25, 0.3) is 0 Å². The van der Waals surface area contributed by atoms with Gasteiger partial charge >= 0.3 is 6.03 Å². The Kier molecular flexibility index (Phi) is 4.23. The van der Waals surface area contributed by atoms with Crippen molar-refractivity contribution in [3.8, 4) is 0 Å². The third kappa shape index (κ3) is 3.66. The highest BCUT2D eigenvalue weighted by Gasteiger charge is 2.31. The van der Waals surface area contributed by atoms with E-state index in [0.29, 0.717) is 17.9 Å². The minimum atomic E-state index is -0.352. The second-order valence-electron chi connectivity index (χ2n) is 5.35. The summed E-state index contributed by atoms with van der Waals surface area (Å²) in [7, 11) is 0. The number of rotatable bonds is 3. The predicted octanol–water partition coefficient (Wildman–Crippen LogP) is 2.75. The molecule has 0 unspecified atom stereocenters. The van der Waals surface area contributed by atoms with Gasteiger partial charge in [-0.2, -0.15) is 0 Å². The summed E-state index contributed by atoms with van der Waals surface area (Å²) in [4.78, 5) is 25.6. The molecule has 118 valence electrons. The maximum absolute atomic E-state index is 13.0. The van der Waals surface area contributed by atoms with Crippen LogP contribution >= 0.6 is 0 Å². The lowest BCUT2D eigenvalue weighted by Gasteiger charge is -2.17. The Morgan fingerprint density at radius 1 is 1.09 bits per heavy atom. The van der Waals surface area contributed by atoms with Crippen molar-refractivity contribution in [2.75, 3.05) is 16.8 Å². The number of halogens is 1. The van der Waals surface area contributed by atoms with Crippen LogP contribution < -0.4 is 15.5 Å². The number of benzene rings is 2. The maximum atomic E-state index is 13.0. The van der Waals surface area contributed by atoms with E-state index in [-0.39, 0.29) is 30.2 Å². The fraction of sp³-hybridized carbons (Fsp3) is 0.176. The molecule has 3 amide bonds. The Morgan fingerprint density at radius 3 is 2.48 bits per heavy atom. The third-order valence-corrected chi connectivity index (χ3v) is 3.63. The molecule has 2 aromatic rings. The molecule has 5 nitrogen and oxygen atoms in total. The number of amides is 3. The molecule has 0 aliphatic carbocycles. The van der Waals surface area contributed by atoms with Crippen molar-refractivity contribution in [2.45, 2.75) is 12.5 Å². The number of para-hydroxylation sites is 1. The van der Waals surface area contributed by atoms with Crippen molar-refractivity contribution in [1.82, 2.24) is 5.32 Å². The molecule has 2 aromatic carbocycles. The Bertz CT molecular complexity index is 704. The molecular weight excluding hydrogens is 297 g/mol. The lowest BCUT2D eigenvalue weighted by Crippen LogP contribution is -2.39. The topological polar surface area (TPSA) is 61.4 Å². The standard InChI is InChI=1S/C17H16FN3O2/c18-12-6-8-15(9-7-12)21-11-14(10-16(21)22)20-17(23)19-13-4-2-1-3-5-13/h1-9,14H,10-11H2,(H2,19,20,23)/t14-/m0/s1. The van der Waals surface area contributed by atoms with Gasteiger partial charge in [0, 0.05) is 24.3 Å². The van der Waals surface area contributed by atoms with Crippen LogP contribution in [-0.2, 0) is 4.79 Å². The van der Waals surface area contributed by atoms with Crippen LogP contribution in [-0.4, -0.2) is 24.5 Å². The summed E-state index contributed by atoms with van der Waals surface area (Å²) in [6.07, 6.45) is 0.222. The van der Waals surface area contributed by atoms with Crippen molar-refractivity contribution >= 4 is 23.3 Å². The normalized spacial score (nSPS) is 17.2. The Labute approximate surface area is 133 Å². The number of anilines is 2. The van der Waals surface area contributed by atoms with Crippen molar-refractivity contribution in [3.05, 3.63) is 60.4 Å². The monoisotopic (exact) mass is 313 g/mol. The van der Waals surface area contributed by atoms with Crippen LogP contribution in [0.2, 0.25) is 0 Å². The molecule has 0 bridgehead atoms. The van der Waals surface area contributed by atoms with E-state index in [0.717, 1.165) is 0 Å². The van der Waals surface area contributed by atoms with Gasteiger partial charge in [-0.25, -0.2) is 9.18 Å². The van der Waals surface area contributed by atoms with E-state index in [1.165, 1.54) is 12.1 Å². The Morgan fingerprint density at radius 2 is 1.78 bits per heavy atom. The lowest BCUT2D eigenvalue weighted by atomic mass is 10.2. The molecule has 0 spiro atoms. The first-order valence-corrected chi connectivity index (χ1v) is 7.30. The molecular formula is C17H16FN3O2. The van der Waals surface area contributed by atoms with Crippen LogP contribution in [0.4, 0.5) is 20.6 Å². The average Bonchev–Trinajstić information content (AvgIpc) is 2.89. The lowest BCUT2D eigenvalue weighted by molar-refractivity contribution is -0.117. The molecule has 1 heterocycles. The first-order valence-electron chi connectivity index (χ1n) is 7.30. The Balaban J connectivity index is 1.59. The highest BCUT2D eigenvalue weighted by molar-refractivity contribution is 5.97. The largest absolute Gasteiger partial charge is 0.333 e. The van der Waals surface area contributed by atoms with E-state index in [1.807, 2.05) is 18.2 Å². The van der Waals surface area contributed by atoms with Crippen LogP contribution in [0.3, 0.4) is 0 Å². The van der Waals surface area contributed by atoms with Crippen LogP contribution in [0.15, 0.2) is 54.6 Å². The SMILES string of the molecule is O=C(Nc1ccccc1)N[C@H]1CC(=O)N(c2ccc(F)cc2)C1. The zero-order chi connectivity index (χ0) is 16.2. The molecule has 2 N–H and O–H groups in total. The molecule has 1 aliphatic rings. The van der Waals surface area contributed by atoms with Crippen LogP contribution in [0.1, 0.15) is 6.42 Å². The van der Waals surface area contributed by atoms with Gasteiger partial charge in [-0.1, -0.05) is 18.2 Å². The third-order valence-electron chi connectivity index (χ3n) is 3.63. The minimum Gasteiger partial charge on any atom is -0.333 e. The summed E-state index contributed by atoms with van der Waals surface area (Å²) >= 11 is 0. The number of nitrogens with one attached hydrogen (secondary N) is 2. The smallest absolute Gasteiger partial charge is 0.319 e. The fourth-order valence-electron chi connectivity index (χ4n) is 2.55. The second-order valence-corrected chi connectivity index (χ2v) is 5.35. The maximum Gasteiger partial charge on any atom is 0.319 e. The van der Waals surface area contributed by atoms with E-state index in [1.54, 1.807) is 29.2 Å². The number of nitrogens with zero attached hydrogens (tertiary/aromatic N) is 1. The molecule has 6 heteroatoms. The van der Waals surface area contributed by atoms with E-state index in [2.05, 4.69) is 10.6 Å². The van der Waals surface area contributed by atoms with Gasteiger partial charge in [0.15, 0.2) is 0 Å². The number of hydrogen-bond acceptors (Lipinski definition) is 2. The van der Waals surface area contributed by atoms with Gasteiger partial charge in [0.05, 0.1) is 6.04 Å². The van der Waals surface area contributed by atoms with Gasteiger partial charge in [0.25, 0.3) is 0 Å². The average molecular weight is 313 g/mol.